The zero-order valence-electron chi connectivity index (χ0n) is 13.0. The SMILES string of the molecule is Cc1ccc(S(=O)(=O)O)cc1.I.c1ccc2c(c1)-c1ccccc1-2. The van der Waals surface area contributed by atoms with Crippen LogP contribution in [0.1, 0.15) is 5.56 Å². The Morgan fingerprint density at radius 2 is 1.00 bits per heavy atom. The summed E-state index contributed by atoms with van der Waals surface area (Å²) in [6, 6.07) is 23.1. The van der Waals surface area contributed by atoms with Gasteiger partial charge in [0.25, 0.3) is 10.1 Å². The highest BCUT2D eigenvalue weighted by molar-refractivity contribution is 14.0. The summed E-state index contributed by atoms with van der Waals surface area (Å²) in [6.45, 7) is 1.84. The van der Waals surface area contributed by atoms with Crippen LogP contribution in [0.2, 0.25) is 0 Å². The molecule has 3 aromatic carbocycles. The minimum atomic E-state index is -4.02. The van der Waals surface area contributed by atoms with Crippen molar-refractivity contribution in [2.45, 2.75) is 11.8 Å². The van der Waals surface area contributed by atoms with Crippen molar-refractivity contribution in [1.29, 1.82) is 0 Å². The maximum Gasteiger partial charge on any atom is 0.294 e. The fraction of sp³-hybridized carbons (Fsp3) is 0.0526. The van der Waals surface area contributed by atoms with Crippen molar-refractivity contribution < 1.29 is 13.0 Å². The molecule has 3 nitrogen and oxygen atoms in total. The fourth-order valence-corrected chi connectivity index (χ4v) is 3.03. The van der Waals surface area contributed by atoms with Crippen LogP contribution in [0.3, 0.4) is 0 Å². The number of rotatable bonds is 1. The molecule has 0 saturated heterocycles. The zero-order chi connectivity index (χ0) is 16.4. The van der Waals surface area contributed by atoms with Crippen molar-refractivity contribution in [3.8, 4) is 22.3 Å². The lowest BCUT2D eigenvalue weighted by Gasteiger charge is -2.22. The average molecular weight is 452 g/mol. The smallest absolute Gasteiger partial charge is 0.282 e. The first kappa shape index (κ1) is 18.6. The summed E-state index contributed by atoms with van der Waals surface area (Å²) in [6.07, 6.45) is 0. The van der Waals surface area contributed by atoms with Crippen LogP contribution in [0.5, 0.6) is 0 Å². The Hall–Kier alpha value is -1.70. The van der Waals surface area contributed by atoms with Crippen molar-refractivity contribution in [3.05, 3.63) is 78.4 Å². The van der Waals surface area contributed by atoms with E-state index in [1.807, 2.05) is 6.92 Å². The second-order valence-corrected chi connectivity index (χ2v) is 6.80. The molecule has 0 heterocycles. The Morgan fingerprint density at radius 3 is 1.29 bits per heavy atom. The maximum absolute atomic E-state index is 10.5. The molecule has 0 radical (unpaired) electrons. The normalized spacial score (nSPS) is 10.9. The third-order valence-corrected chi connectivity index (χ3v) is 4.62. The summed E-state index contributed by atoms with van der Waals surface area (Å²) >= 11 is 0. The van der Waals surface area contributed by atoms with Crippen molar-refractivity contribution in [3.63, 3.8) is 0 Å². The Morgan fingerprint density at radius 1 is 0.667 bits per heavy atom. The van der Waals surface area contributed by atoms with E-state index in [0.29, 0.717) is 0 Å². The van der Waals surface area contributed by atoms with Gasteiger partial charge in [0.15, 0.2) is 0 Å². The standard InChI is InChI=1S/C12H8.C7H8O3S.HI/c1-2-6-10-9(5-1)11-7-3-4-8-12(10)11;1-6-2-4-7(5-3-6)11(8,9)10;/h1-8H;2-5H,1H3,(H,8,9,10);1H. The maximum atomic E-state index is 10.5. The molecule has 24 heavy (non-hydrogen) atoms. The lowest BCUT2D eigenvalue weighted by Crippen LogP contribution is -1.96. The molecule has 0 spiro atoms. The average Bonchev–Trinajstić information content (AvgIpc) is 2.53. The summed E-state index contributed by atoms with van der Waals surface area (Å²) in [5.41, 5.74) is 6.54. The Bertz CT molecular complexity index is 848. The molecule has 3 aromatic rings. The van der Waals surface area contributed by atoms with Gasteiger partial charge < -0.3 is 0 Å². The molecule has 0 atom stereocenters. The predicted octanol–water partition coefficient (Wildman–Crippen LogP) is 5.19. The third-order valence-electron chi connectivity index (χ3n) is 3.75. The lowest BCUT2D eigenvalue weighted by molar-refractivity contribution is 0.483. The molecule has 0 aromatic heterocycles. The monoisotopic (exact) mass is 452 g/mol. The molecule has 0 saturated carbocycles. The largest absolute Gasteiger partial charge is 0.294 e. The van der Waals surface area contributed by atoms with E-state index in [-0.39, 0.29) is 28.9 Å². The lowest BCUT2D eigenvalue weighted by atomic mass is 9.81. The van der Waals surface area contributed by atoms with E-state index in [4.69, 9.17) is 4.55 Å². The molecule has 0 bridgehead atoms. The summed E-state index contributed by atoms with van der Waals surface area (Å²) in [5.74, 6) is 0. The van der Waals surface area contributed by atoms with Gasteiger partial charge in [-0.25, -0.2) is 0 Å². The number of fused-ring (bicyclic) bond motifs is 4. The van der Waals surface area contributed by atoms with Gasteiger partial charge in [0.05, 0.1) is 4.90 Å². The van der Waals surface area contributed by atoms with E-state index in [9.17, 15) is 8.42 Å². The van der Waals surface area contributed by atoms with E-state index in [1.54, 1.807) is 12.1 Å². The van der Waals surface area contributed by atoms with E-state index >= 15 is 0 Å². The molecule has 1 aliphatic carbocycles. The summed E-state index contributed by atoms with van der Waals surface area (Å²) in [4.78, 5) is -0.0666. The van der Waals surface area contributed by atoms with Gasteiger partial charge in [0.1, 0.15) is 0 Å². The van der Waals surface area contributed by atoms with Crippen LogP contribution in [-0.4, -0.2) is 13.0 Å². The van der Waals surface area contributed by atoms with Gasteiger partial charge in [-0.15, -0.1) is 24.0 Å². The van der Waals surface area contributed by atoms with Crippen molar-refractivity contribution in [2.75, 3.05) is 0 Å². The Kier molecular flexibility index (Phi) is 5.79. The topological polar surface area (TPSA) is 54.4 Å². The van der Waals surface area contributed by atoms with Crippen LogP contribution >= 0.6 is 24.0 Å². The molecule has 1 N–H and O–H groups in total. The molecule has 0 fully saturated rings. The number of halogens is 1. The van der Waals surface area contributed by atoms with Crippen LogP contribution in [0, 0.1) is 6.92 Å². The number of hydrogen-bond donors (Lipinski definition) is 1. The quantitative estimate of drug-likeness (QED) is 0.319. The molecule has 124 valence electrons. The van der Waals surface area contributed by atoms with Crippen LogP contribution < -0.4 is 0 Å². The second kappa shape index (κ2) is 7.46. The molecular formula is C19H17IO3S. The first-order chi connectivity index (χ1) is 11.0. The molecule has 5 heteroatoms. The van der Waals surface area contributed by atoms with Crippen LogP contribution in [-0.2, 0) is 10.1 Å². The van der Waals surface area contributed by atoms with E-state index in [1.165, 1.54) is 34.4 Å². The Labute approximate surface area is 159 Å². The van der Waals surface area contributed by atoms with Gasteiger partial charge in [-0.2, -0.15) is 8.42 Å². The van der Waals surface area contributed by atoms with Crippen LogP contribution in [0.15, 0.2) is 77.7 Å². The first-order valence-electron chi connectivity index (χ1n) is 7.20. The van der Waals surface area contributed by atoms with Gasteiger partial charge in [0.2, 0.25) is 0 Å². The predicted molar refractivity (Wildman–Crippen MR) is 107 cm³/mol. The highest BCUT2D eigenvalue weighted by Gasteiger charge is 2.19. The number of aryl methyl sites for hydroxylation is 1. The molecule has 4 rings (SSSR count). The molecule has 0 aliphatic heterocycles. The van der Waals surface area contributed by atoms with E-state index in [2.05, 4.69) is 48.5 Å². The molecule has 0 amide bonds. The van der Waals surface area contributed by atoms with E-state index in [0.717, 1.165) is 5.56 Å². The van der Waals surface area contributed by atoms with Gasteiger partial charge in [-0.05, 0) is 41.3 Å². The second-order valence-electron chi connectivity index (χ2n) is 5.38. The Balaban J connectivity index is 0.000000168. The van der Waals surface area contributed by atoms with Crippen molar-refractivity contribution in [2.24, 2.45) is 0 Å². The van der Waals surface area contributed by atoms with Crippen molar-refractivity contribution >= 4 is 34.1 Å². The first-order valence-corrected chi connectivity index (χ1v) is 8.64. The summed E-state index contributed by atoms with van der Waals surface area (Å²) in [5, 5.41) is 0. The molecular weight excluding hydrogens is 435 g/mol. The summed E-state index contributed by atoms with van der Waals surface area (Å²) < 4.78 is 29.6. The zero-order valence-corrected chi connectivity index (χ0v) is 16.2. The van der Waals surface area contributed by atoms with Gasteiger partial charge in [0, 0.05) is 0 Å². The highest BCUT2D eigenvalue weighted by atomic mass is 127. The fourth-order valence-electron chi connectivity index (χ4n) is 2.55. The van der Waals surface area contributed by atoms with Crippen molar-refractivity contribution in [1.82, 2.24) is 0 Å². The third kappa shape index (κ3) is 3.85. The number of hydrogen-bond acceptors (Lipinski definition) is 2. The minimum Gasteiger partial charge on any atom is -0.282 e. The van der Waals surface area contributed by atoms with E-state index < -0.39 is 10.1 Å². The van der Waals surface area contributed by atoms with Gasteiger partial charge >= 0.3 is 0 Å². The summed E-state index contributed by atoms with van der Waals surface area (Å²) in [7, 11) is -4.02. The molecule has 1 aliphatic rings. The highest BCUT2D eigenvalue weighted by Crippen LogP contribution is 2.46. The van der Waals surface area contributed by atoms with Crippen LogP contribution in [0.4, 0.5) is 0 Å². The van der Waals surface area contributed by atoms with Gasteiger partial charge in [-0.1, -0.05) is 66.2 Å². The molecule has 0 unspecified atom stereocenters. The number of benzene rings is 3. The van der Waals surface area contributed by atoms with Crippen LogP contribution in [0.25, 0.3) is 22.3 Å². The van der Waals surface area contributed by atoms with Gasteiger partial charge in [-0.3, -0.25) is 4.55 Å². The minimum absolute atomic E-state index is 0.